The summed E-state index contributed by atoms with van der Waals surface area (Å²) in [5, 5.41) is 5.44. The van der Waals surface area contributed by atoms with Crippen molar-refractivity contribution < 1.29 is 4.79 Å². The SMILES string of the molecule is CNC(=O)CN(C)c1nc(NC)ncc1C. The molecular formula is C10H17N5O. The van der Waals surface area contributed by atoms with Crippen LogP contribution in [0.25, 0.3) is 0 Å². The van der Waals surface area contributed by atoms with Crippen LogP contribution in [0.3, 0.4) is 0 Å². The molecule has 0 spiro atoms. The zero-order chi connectivity index (χ0) is 12.1. The first kappa shape index (κ1) is 12.2. The van der Waals surface area contributed by atoms with Gasteiger partial charge in [-0.2, -0.15) is 4.98 Å². The van der Waals surface area contributed by atoms with E-state index in [2.05, 4.69) is 20.6 Å². The number of nitrogens with zero attached hydrogens (tertiary/aromatic N) is 3. The van der Waals surface area contributed by atoms with E-state index in [0.717, 1.165) is 11.4 Å². The van der Waals surface area contributed by atoms with Gasteiger partial charge in [0.2, 0.25) is 11.9 Å². The third-order valence-corrected chi connectivity index (χ3v) is 2.19. The van der Waals surface area contributed by atoms with Gasteiger partial charge in [0, 0.05) is 32.9 Å². The monoisotopic (exact) mass is 223 g/mol. The van der Waals surface area contributed by atoms with Crippen LogP contribution in [0.5, 0.6) is 0 Å². The lowest BCUT2D eigenvalue weighted by atomic mass is 10.3. The van der Waals surface area contributed by atoms with Crippen LogP contribution in [-0.4, -0.2) is 43.6 Å². The van der Waals surface area contributed by atoms with Crippen molar-refractivity contribution in [3.05, 3.63) is 11.8 Å². The van der Waals surface area contributed by atoms with Gasteiger partial charge >= 0.3 is 0 Å². The van der Waals surface area contributed by atoms with Gasteiger partial charge in [0.05, 0.1) is 6.54 Å². The molecule has 16 heavy (non-hydrogen) atoms. The van der Waals surface area contributed by atoms with E-state index >= 15 is 0 Å². The molecule has 0 aliphatic rings. The van der Waals surface area contributed by atoms with E-state index in [9.17, 15) is 4.79 Å². The molecule has 0 fully saturated rings. The number of anilines is 2. The predicted molar refractivity (Wildman–Crippen MR) is 63.7 cm³/mol. The quantitative estimate of drug-likeness (QED) is 0.752. The molecule has 1 aromatic heterocycles. The highest BCUT2D eigenvalue weighted by atomic mass is 16.1. The van der Waals surface area contributed by atoms with Crippen LogP contribution in [0.2, 0.25) is 0 Å². The number of likely N-dealkylation sites (N-methyl/N-ethyl adjacent to an activating group) is 2. The van der Waals surface area contributed by atoms with Crippen molar-refractivity contribution in [2.75, 3.05) is 37.9 Å². The summed E-state index contributed by atoms with van der Waals surface area (Å²) >= 11 is 0. The standard InChI is InChI=1S/C10H17N5O/c1-7-5-13-10(12-3)14-9(7)15(4)6-8(16)11-2/h5H,6H2,1-4H3,(H,11,16)(H,12,13,14). The van der Waals surface area contributed by atoms with Gasteiger partial charge in [0.25, 0.3) is 0 Å². The fourth-order valence-corrected chi connectivity index (χ4v) is 1.31. The number of carbonyl (C=O) groups is 1. The molecule has 1 heterocycles. The molecule has 0 aliphatic heterocycles. The van der Waals surface area contributed by atoms with Gasteiger partial charge < -0.3 is 15.5 Å². The van der Waals surface area contributed by atoms with Crippen LogP contribution in [0.15, 0.2) is 6.20 Å². The first-order valence-electron chi connectivity index (χ1n) is 5.01. The Balaban J connectivity index is 2.88. The second-order valence-corrected chi connectivity index (χ2v) is 3.48. The molecular weight excluding hydrogens is 206 g/mol. The number of hydrogen-bond acceptors (Lipinski definition) is 5. The van der Waals surface area contributed by atoms with Gasteiger partial charge in [-0.25, -0.2) is 4.98 Å². The second kappa shape index (κ2) is 5.29. The van der Waals surface area contributed by atoms with Gasteiger partial charge in [-0.3, -0.25) is 4.79 Å². The fraction of sp³-hybridized carbons (Fsp3) is 0.500. The summed E-state index contributed by atoms with van der Waals surface area (Å²) < 4.78 is 0. The average molecular weight is 223 g/mol. The topological polar surface area (TPSA) is 70.2 Å². The lowest BCUT2D eigenvalue weighted by Gasteiger charge is -2.19. The number of amides is 1. The first-order chi connectivity index (χ1) is 7.58. The molecule has 0 radical (unpaired) electrons. The van der Waals surface area contributed by atoms with Crippen molar-refractivity contribution in [1.29, 1.82) is 0 Å². The van der Waals surface area contributed by atoms with Crippen LogP contribution in [0, 0.1) is 6.92 Å². The van der Waals surface area contributed by atoms with Crippen molar-refractivity contribution in [2.45, 2.75) is 6.92 Å². The molecule has 0 atom stereocenters. The third kappa shape index (κ3) is 2.82. The maximum absolute atomic E-state index is 11.2. The Morgan fingerprint density at radius 3 is 2.75 bits per heavy atom. The number of nitrogens with one attached hydrogen (secondary N) is 2. The third-order valence-electron chi connectivity index (χ3n) is 2.19. The zero-order valence-corrected chi connectivity index (χ0v) is 10.0. The van der Waals surface area contributed by atoms with Gasteiger partial charge in [0.1, 0.15) is 5.82 Å². The van der Waals surface area contributed by atoms with Crippen molar-refractivity contribution in [3.63, 3.8) is 0 Å². The Kier molecular flexibility index (Phi) is 4.04. The minimum atomic E-state index is -0.0495. The molecule has 0 bridgehead atoms. The number of aryl methyl sites for hydroxylation is 1. The Hall–Kier alpha value is -1.85. The Morgan fingerprint density at radius 2 is 2.19 bits per heavy atom. The second-order valence-electron chi connectivity index (χ2n) is 3.48. The maximum Gasteiger partial charge on any atom is 0.239 e. The average Bonchev–Trinajstić information content (AvgIpc) is 2.29. The maximum atomic E-state index is 11.2. The largest absolute Gasteiger partial charge is 0.358 e. The highest BCUT2D eigenvalue weighted by Crippen LogP contribution is 2.15. The molecule has 2 N–H and O–H groups in total. The molecule has 1 aromatic rings. The summed E-state index contributed by atoms with van der Waals surface area (Å²) in [6.07, 6.45) is 1.73. The first-order valence-corrected chi connectivity index (χ1v) is 5.01. The van der Waals surface area contributed by atoms with Gasteiger partial charge in [-0.15, -0.1) is 0 Å². The van der Waals surface area contributed by atoms with E-state index in [1.54, 1.807) is 25.2 Å². The van der Waals surface area contributed by atoms with E-state index in [4.69, 9.17) is 0 Å². The van der Waals surface area contributed by atoms with E-state index in [1.165, 1.54) is 0 Å². The fourth-order valence-electron chi connectivity index (χ4n) is 1.31. The molecule has 0 saturated heterocycles. The van der Waals surface area contributed by atoms with Gasteiger partial charge in [0.15, 0.2) is 0 Å². The molecule has 0 unspecified atom stereocenters. The summed E-state index contributed by atoms with van der Waals surface area (Å²) in [4.78, 5) is 21.4. The van der Waals surface area contributed by atoms with Crippen LogP contribution < -0.4 is 15.5 Å². The lowest BCUT2D eigenvalue weighted by molar-refractivity contribution is -0.119. The molecule has 0 saturated carbocycles. The summed E-state index contributed by atoms with van der Waals surface area (Å²) in [6, 6.07) is 0. The summed E-state index contributed by atoms with van der Waals surface area (Å²) in [7, 11) is 5.19. The van der Waals surface area contributed by atoms with Crippen molar-refractivity contribution >= 4 is 17.7 Å². The Morgan fingerprint density at radius 1 is 1.50 bits per heavy atom. The lowest BCUT2D eigenvalue weighted by Crippen LogP contribution is -2.33. The number of rotatable bonds is 4. The minimum Gasteiger partial charge on any atom is -0.358 e. The summed E-state index contributed by atoms with van der Waals surface area (Å²) in [5.41, 5.74) is 0.936. The van der Waals surface area contributed by atoms with Crippen LogP contribution >= 0.6 is 0 Å². The van der Waals surface area contributed by atoms with E-state index in [1.807, 2.05) is 14.0 Å². The van der Waals surface area contributed by atoms with Crippen molar-refractivity contribution in [1.82, 2.24) is 15.3 Å². The molecule has 1 amide bonds. The molecule has 88 valence electrons. The Bertz CT molecular complexity index is 379. The van der Waals surface area contributed by atoms with Crippen LogP contribution in [-0.2, 0) is 4.79 Å². The highest BCUT2D eigenvalue weighted by Gasteiger charge is 2.10. The van der Waals surface area contributed by atoms with Gasteiger partial charge in [-0.1, -0.05) is 0 Å². The zero-order valence-electron chi connectivity index (χ0n) is 10.0. The van der Waals surface area contributed by atoms with E-state index in [0.29, 0.717) is 5.95 Å². The van der Waals surface area contributed by atoms with Crippen LogP contribution in [0.1, 0.15) is 5.56 Å². The molecule has 6 nitrogen and oxygen atoms in total. The van der Waals surface area contributed by atoms with Crippen molar-refractivity contribution in [3.8, 4) is 0 Å². The minimum absolute atomic E-state index is 0.0495. The molecule has 6 heteroatoms. The predicted octanol–water partition coefficient (Wildman–Crippen LogP) is 0.00892. The molecule has 0 aromatic carbocycles. The Labute approximate surface area is 95.1 Å². The summed E-state index contributed by atoms with van der Waals surface area (Å²) in [6.45, 7) is 2.19. The molecule has 0 aliphatic carbocycles. The van der Waals surface area contributed by atoms with Gasteiger partial charge in [-0.05, 0) is 6.92 Å². The number of carbonyl (C=O) groups excluding carboxylic acids is 1. The highest BCUT2D eigenvalue weighted by molar-refractivity contribution is 5.80. The molecule has 1 rings (SSSR count). The van der Waals surface area contributed by atoms with Crippen LogP contribution in [0.4, 0.5) is 11.8 Å². The number of aromatic nitrogens is 2. The smallest absolute Gasteiger partial charge is 0.239 e. The number of hydrogen-bond donors (Lipinski definition) is 2. The summed E-state index contributed by atoms with van der Waals surface area (Å²) in [5.74, 6) is 1.25. The van der Waals surface area contributed by atoms with E-state index in [-0.39, 0.29) is 12.5 Å². The normalized spacial score (nSPS) is 9.75. The van der Waals surface area contributed by atoms with Crippen molar-refractivity contribution in [2.24, 2.45) is 0 Å². The van der Waals surface area contributed by atoms with E-state index < -0.39 is 0 Å².